The molecule has 18 heavy (non-hydrogen) atoms. The lowest BCUT2D eigenvalue weighted by Gasteiger charge is -2.13. The van der Waals surface area contributed by atoms with Gasteiger partial charge in [0, 0.05) is 6.04 Å². The van der Waals surface area contributed by atoms with Crippen LogP contribution in [0, 0.1) is 5.92 Å². The van der Waals surface area contributed by atoms with E-state index in [2.05, 4.69) is 5.32 Å². The summed E-state index contributed by atoms with van der Waals surface area (Å²) in [5, 5.41) is 3.66. The Balaban J connectivity index is 1.83. The molecule has 1 aliphatic carbocycles. The Morgan fingerprint density at radius 3 is 2.89 bits per heavy atom. The Morgan fingerprint density at radius 2 is 2.22 bits per heavy atom. The van der Waals surface area contributed by atoms with E-state index >= 15 is 0 Å². The summed E-state index contributed by atoms with van der Waals surface area (Å²) in [4.78, 5) is 11.6. The maximum Gasteiger partial charge on any atom is 0.258 e. The van der Waals surface area contributed by atoms with Crippen LogP contribution in [0.15, 0.2) is 18.2 Å². The summed E-state index contributed by atoms with van der Waals surface area (Å²) in [5.74, 6) is 0.924. The second-order valence-corrected chi connectivity index (χ2v) is 5.32. The van der Waals surface area contributed by atoms with E-state index in [0.717, 1.165) is 0 Å². The van der Waals surface area contributed by atoms with E-state index in [1.54, 1.807) is 18.2 Å². The van der Waals surface area contributed by atoms with Gasteiger partial charge in [-0.1, -0.05) is 29.3 Å². The number of carbonyl (C=O) groups is 1. The zero-order chi connectivity index (χ0) is 13.1. The largest absolute Gasteiger partial charge is 0.482 e. The molecule has 3 nitrogen and oxygen atoms in total. The lowest BCUT2D eigenvalue weighted by Crippen LogP contribution is -2.37. The number of carbonyl (C=O) groups excluding carboxylic acids is 1. The van der Waals surface area contributed by atoms with Crippen LogP contribution in [-0.2, 0) is 4.79 Å². The van der Waals surface area contributed by atoms with Gasteiger partial charge in [-0.15, -0.1) is 0 Å². The topological polar surface area (TPSA) is 38.3 Å². The van der Waals surface area contributed by atoms with Crippen LogP contribution in [0.1, 0.15) is 19.8 Å². The average molecular weight is 288 g/mol. The van der Waals surface area contributed by atoms with E-state index in [-0.39, 0.29) is 18.6 Å². The minimum Gasteiger partial charge on any atom is -0.482 e. The maximum absolute atomic E-state index is 11.6. The van der Waals surface area contributed by atoms with Crippen molar-refractivity contribution < 1.29 is 9.53 Å². The zero-order valence-electron chi connectivity index (χ0n) is 10.1. The number of hydrogen-bond acceptors (Lipinski definition) is 2. The molecule has 0 heterocycles. The molecule has 1 amide bonds. The van der Waals surface area contributed by atoms with Crippen molar-refractivity contribution in [2.75, 3.05) is 6.61 Å². The van der Waals surface area contributed by atoms with Crippen LogP contribution in [-0.4, -0.2) is 18.6 Å². The maximum atomic E-state index is 11.6. The molecule has 1 saturated carbocycles. The predicted octanol–water partition coefficient (Wildman–Crippen LogP) is 3.29. The van der Waals surface area contributed by atoms with Crippen LogP contribution in [0.25, 0.3) is 0 Å². The van der Waals surface area contributed by atoms with Gasteiger partial charge in [0.05, 0.1) is 5.02 Å². The van der Waals surface area contributed by atoms with Gasteiger partial charge in [-0.2, -0.15) is 0 Å². The highest BCUT2D eigenvalue weighted by Gasteiger charge is 2.28. The van der Waals surface area contributed by atoms with Crippen molar-refractivity contribution >= 4 is 29.1 Å². The summed E-state index contributed by atoms with van der Waals surface area (Å²) in [6.45, 7) is 1.97. The van der Waals surface area contributed by atoms with Gasteiger partial charge in [0.25, 0.3) is 5.91 Å². The highest BCUT2D eigenvalue weighted by Crippen LogP contribution is 2.32. The van der Waals surface area contributed by atoms with E-state index in [1.807, 2.05) is 6.92 Å². The zero-order valence-corrected chi connectivity index (χ0v) is 11.6. The quantitative estimate of drug-likeness (QED) is 0.903. The van der Waals surface area contributed by atoms with Gasteiger partial charge < -0.3 is 10.1 Å². The standard InChI is InChI=1S/C13H15Cl2NO2/c1-8(9-5-6-9)16-12(17)7-18-11-4-2-3-10(14)13(11)15/h2-4,8-9H,5-7H2,1H3,(H,16,17)/t8-/m1/s1. The minimum atomic E-state index is -0.134. The smallest absolute Gasteiger partial charge is 0.258 e. The van der Waals surface area contributed by atoms with Crippen LogP contribution in [0.2, 0.25) is 10.0 Å². The van der Waals surface area contributed by atoms with Gasteiger partial charge in [0.15, 0.2) is 6.61 Å². The van der Waals surface area contributed by atoms with Gasteiger partial charge >= 0.3 is 0 Å². The Labute approximate surface area is 116 Å². The Morgan fingerprint density at radius 1 is 1.50 bits per heavy atom. The SMILES string of the molecule is C[C@@H](NC(=O)COc1cccc(Cl)c1Cl)C1CC1. The molecule has 5 heteroatoms. The van der Waals surface area contributed by atoms with Crippen molar-refractivity contribution in [3.05, 3.63) is 28.2 Å². The van der Waals surface area contributed by atoms with Gasteiger partial charge in [0.1, 0.15) is 10.8 Å². The molecule has 0 saturated heterocycles. The van der Waals surface area contributed by atoms with Gasteiger partial charge in [-0.25, -0.2) is 0 Å². The second kappa shape index (κ2) is 5.81. The van der Waals surface area contributed by atoms with Crippen molar-refractivity contribution in [2.24, 2.45) is 5.92 Å². The third kappa shape index (κ3) is 3.53. The lowest BCUT2D eigenvalue weighted by atomic mass is 10.2. The molecule has 0 aliphatic heterocycles. The molecule has 1 fully saturated rings. The fourth-order valence-corrected chi connectivity index (χ4v) is 2.09. The summed E-state index contributed by atoms with van der Waals surface area (Å²) < 4.78 is 5.35. The summed E-state index contributed by atoms with van der Waals surface area (Å²) in [6, 6.07) is 5.31. The summed E-state index contributed by atoms with van der Waals surface area (Å²) >= 11 is 11.8. The third-order valence-corrected chi connectivity index (χ3v) is 3.79. The van der Waals surface area contributed by atoms with Crippen molar-refractivity contribution in [1.82, 2.24) is 5.32 Å². The third-order valence-electron chi connectivity index (χ3n) is 2.99. The van der Waals surface area contributed by atoms with E-state index < -0.39 is 0 Å². The van der Waals surface area contributed by atoms with Crippen LogP contribution in [0.4, 0.5) is 0 Å². The molecule has 0 aromatic heterocycles. The van der Waals surface area contributed by atoms with Crippen molar-refractivity contribution in [2.45, 2.75) is 25.8 Å². The molecular formula is C13H15Cl2NO2. The molecule has 0 spiro atoms. The number of halogens is 2. The number of hydrogen-bond donors (Lipinski definition) is 1. The number of benzene rings is 1. The molecule has 2 rings (SSSR count). The highest BCUT2D eigenvalue weighted by molar-refractivity contribution is 6.42. The van der Waals surface area contributed by atoms with Crippen molar-refractivity contribution in [3.8, 4) is 5.75 Å². The molecule has 1 aromatic carbocycles. The molecule has 1 atom stereocenters. The number of amides is 1. The van der Waals surface area contributed by atoms with Gasteiger partial charge in [-0.05, 0) is 37.8 Å². The van der Waals surface area contributed by atoms with Gasteiger partial charge in [0.2, 0.25) is 0 Å². The Bertz CT molecular complexity index is 447. The van der Waals surface area contributed by atoms with Crippen LogP contribution >= 0.6 is 23.2 Å². The van der Waals surface area contributed by atoms with Gasteiger partial charge in [-0.3, -0.25) is 4.79 Å². The minimum absolute atomic E-state index is 0.0445. The fourth-order valence-electron chi connectivity index (χ4n) is 1.75. The second-order valence-electron chi connectivity index (χ2n) is 4.53. The average Bonchev–Trinajstić information content (AvgIpc) is 3.15. The summed E-state index contributed by atoms with van der Waals surface area (Å²) in [6.07, 6.45) is 2.39. The molecule has 1 N–H and O–H groups in total. The van der Waals surface area contributed by atoms with Crippen LogP contribution < -0.4 is 10.1 Å². The molecule has 0 unspecified atom stereocenters. The molecule has 98 valence electrons. The van der Waals surface area contributed by atoms with Crippen LogP contribution in [0.5, 0.6) is 5.75 Å². The van der Waals surface area contributed by atoms with Crippen LogP contribution in [0.3, 0.4) is 0 Å². The first kappa shape index (κ1) is 13.5. The normalized spacial score (nSPS) is 16.2. The van der Waals surface area contributed by atoms with E-state index in [1.165, 1.54) is 12.8 Å². The number of rotatable bonds is 5. The highest BCUT2D eigenvalue weighted by atomic mass is 35.5. The summed E-state index contributed by atoms with van der Waals surface area (Å²) in [7, 11) is 0. The molecule has 0 radical (unpaired) electrons. The monoisotopic (exact) mass is 287 g/mol. The first-order valence-electron chi connectivity index (χ1n) is 5.94. The number of nitrogens with one attached hydrogen (secondary N) is 1. The lowest BCUT2D eigenvalue weighted by molar-refractivity contribution is -0.123. The fraction of sp³-hybridized carbons (Fsp3) is 0.462. The predicted molar refractivity (Wildman–Crippen MR) is 72.3 cm³/mol. The molecular weight excluding hydrogens is 273 g/mol. The van der Waals surface area contributed by atoms with Crippen molar-refractivity contribution in [3.63, 3.8) is 0 Å². The molecule has 1 aromatic rings. The first-order valence-corrected chi connectivity index (χ1v) is 6.69. The molecule has 1 aliphatic rings. The Hall–Kier alpha value is -0.930. The molecule has 0 bridgehead atoms. The van der Waals surface area contributed by atoms with E-state index in [9.17, 15) is 4.79 Å². The van der Waals surface area contributed by atoms with E-state index in [0.29, 0.717) is 21.7 Å². The summed E-state index contributed by atoms with van der Waals surface area (Å²) in [5.41, 5.74) is 0. The Kier molecular flexibility index (Phi) is 4.36. The first-order chi connectivity index (χ1) is 8.58. The van der Waals surface area contributed by atoms with E-state index in [4.69, 9.17) is 27.9 Å². The number of ether oxygens (including phenoxy) is 1. The van der Waals surface area contributed by atoms with Crippen molar-refractivity contribution in [1.29, 1.82) is 0 Å².